The van der Waals surface area contributed by atoms with Gasteiger partial charge >= 0.3 is 0 Å². The Labute approximate surface area is 137 Å². The van der Waals surface area contributed by atoms with Crippen LogP contribution in [-0.4, -0.2) is 49.1 Å². The predicted octanol–water partition coefficient (Wildman–Crippen LogP) is 4.25. The fraction of sp³-hybridized carbons (Fsp3) is 1.00. The third-order valence-corrected chi connectivity index (χ3v) is 5.94. The van der Waals surface area contributed by atoms with Crippen LogP contribution in [0.2, 0.25) is 0 Å². The third-order valence-electron chi connectivity index (χ3n) is 5.30. The molecule has 0 saturated heterocycles. The quantitative estimate of drug-likeness (QED) is 0.685. The van der Waals surface area contributed by atoms with Crippen molar-refractivity contribution in [2.75, 3.05) is 32.1 Å². The second-order valence-corrected chi connectivity index (χ2v) is 8.75. The third kappa shape index (κ3) is 6.92. The van der Waals surface area contributed by atoms with Gasteiger partial charge in [-0.05, 0) is 56.6 Å². The van der Waals surface area contributed by atoms with Crippen molar-refractivity contribution in [3.05, 3.63) is 0 Å². The van der Waals surface area contributed by atoms with Gasteiger partial charge in [-0.15, -0.1) is 0 Å². The van der Waals surface area contributed by atoms with E-state index < -0.39 is 0 Å². The molecule has 1 N–H and O–H groups in total. The molecule has 0 heterocycles. The topological polar surface area (TPSA) is 15.3 Å². The fourth-order valence-electron chi connectivity index (χ4n) is 3.38. The minimum absolute atomic E-state index is 0.499. The first-order chi connectivity index (χ1) is 9.88. The van der Waals surface area contributed by atoms with E-state index in [0.717, 1.165) is 5.92 Å². The molecule has 1 rings (SSSR count). The lowest BCUT2D eigenvalue weighted by atomic mass is 9.70. The van der Waals surface area contributed by atoms with Crippen LogP contribution >= 0.6 is 11.8 Å². The largest absolute Gasteiger partial charge is 0.314 e. The fourth-order valence-corrected chi connectivity index (χ4v) is 3.96. The summed E-state index contributed by atoms with van der Waals surface area (Å²) in [6, 6.07) is 1.30. The molecule has 21 heavy (non-hydrogen) atoms. The van der Waals surface area contributed by atoms with Gasteiger partial charge in [-0.3, -0.25) is 0 Å². The SMILES string of the molecule is CSCCC(C)N(C)CC1(CNC(C)C)CCC(C)CC1. The van der Waals surface area contributed by atoms with Gasteiger partial charge in [0.05, 0.1) is 0 Å². The Balaban J connectivity index is 2.59. The highest BCUT2D eigenvalue weighted by atomic mass is 32.2. The van der Waals surface area contributed by atoms with E-state index in [9.17, 15) is 0 Å². The van der Waals surface area contributed by atoms with Crippen LogP contribution in [0.5, 0.6) is 0 Å². The summed E-state index contributed by atoms with van der Waals surface area (Å²) >= 11 is 1.97. The maximum Gasteiger partial charge on any atom is 0.00719 e. The monoisotopic (exact) mass is 314 g/mol. The van der Waals surface area contributed by atoms with E-state index >= 15 is 0 Å². The summed E-state index contributed by atoms with van der Waals surface area (Å²) in [5, 5.41) is 3.73. The average Bonchev–Trinajstić information content (AvgIpc) is 2.45. The van der Waals surface area contributed by atoms with Gasteiger partial charge in [-0.25, -0.2) is 0 Å². The van der Waals surface area contributed by atoms with Gasteiger partial charge in [0, 0.05) is 25.2 Å². The molecule has 126 valence electrons. The molecular formula is C18H38N2S. The molecule has 0 spiro atoms. The molecule has 1 fully saturated rings. The van der Waals surface area contributed by atoms with Crippen molar-refractivity contribution >= 4 is 11.8 Å². The maximum atomic E-state index is 3.73. The van der Waals surface area contributed by atoms with Gasteiger partial charge in [0.1, 0.15) is 0 Å². The van der Waals surface area contributed by atoms with Crippen LogP contribution in [-0.2, 0) is 0 Å². The standard InChI is InChI=1S/C18H38N2S/c1-15(2)19-13-18(10-7-16(3)8-11-18)14-20(5)17(4)9-12-21-6/h15-17,19H,7-14H2,1-6H3. The molecule has 0 radical (unpaired) electrons. The van der Waals surface area contributed by atoms with E-state index in [-0.39, 0.29) is 0 Å². The molecule has 1 saturated carbocycles. The number of nitrogens with zero attached hydrogens (tertiary/aromatic N) is 1. The molecule has 1 aliphatic carbocycles. The summed E-state index contributed by atoms with van der Waals surface area (Å²) in [5.74, 6) is 2.20. The van der Waals surface area contributed by atoms with Crippen molar-refractivity contribution in [2.24, 2.45) is 11.3 Å². The van der Waals surface area contributed by atoms with Crippen molar-refractivity contribution in [3.8, 4) is 0 Å². The smallest absolute Gasteiger partial charge is 0.00719 e. The second kappa shape index (κ2) is 9.42. The van der Waals surface area contributed by atoms with Crippen LogP contribution in [0.4, 0.5) is 0 Å². The molecule has 1 atom stereocenters. The number of thioether (sulfide) groups is 1. The van der Waals surface area contributed by atoms with Crippen molar-refractivity contribution in [3.63, 3.8) is 0 Å². The van der Waals surface area contributed by atoms with Crippen LogP contribution in [0.25, 0.3) is 0 Å². The van der Waals surface area contributed by atoms with Crippen LogP contribution < -0.4 is 5.32 Å². The van der Waals surface area contributed by atoms with E-state index in [0.29, 0.717) is 17.5 Å². The van der Waals surface area contributed by atoms with Crippen molar-refractivity contribution in [1.29, 1.82) is 0 Å². The van der Waals surface area contributed by atoms with E-state index in [1.807, 2.05) is 11.8 Å². The first kappa shape index (κ1) is 19.3. The Kier molecular flexibility index (Phi) is 8.66. The minimum atomic E-state index is 0.499. The molecule has 0 aromatic rings. The van der Waals surface area contributed by atoms with Gasteiger partial charge in [0.25, 0.3) is 0 Å². The summed E-state index contributed by atoms with van der Waals surface area (Å²) in [6.45, 7) is 11.8. The normalized spacial score (nSPS) is 28.3. The second-order valence-electron chi connectivity index (χ2n) is 7.76. The first-order valence-corrected chi connectivity index (χ1v) is 10.2. The van der Waals surface area contributed by atoms with Gasteiger partial charge in [0.2, 0.25) is 0 Å². The Morgan fingerprint density at radius 1 is 1.24 bits per heavy atom. The summed E-state index contributed by atoms with van der Waals surface area (Å²) in [6.07, 6.45) is 9.13. The van der Waals surface area contributed by atoms with Gasteiger partial charge in [-0.1, -0.05) is 33.6 Å². The Bertz CT molecular complexity index is 272. The summed E-state index contributed by atoms with van der Waals surface area (Å²) < 4.78 is 0. The molecule has 3 heteroatoms. The lowest BCUT2D eigenvalue weighted by Crippen LogP contribution is -2.48. The number of hydrogen-bond acceptors (Lipinski definition) is 3. The Morgan fingerprint density at radius 3 is 2.38 bits per heavy atom. The van der Waals surface area contributed by atoms with Crippen molar-refractivity contribution in [2.45, 2.75) is 71.9 Å². The highest BCUT2D eigenvalue weighted by Gasteiger charge is 2.35. The molecule has 0 aromatic heterocycles. The van der Waals surface area contributed by atoms with Crippen LogP contribution in [0.1, 0.15) is 59.8 Å². The maximum absolute atomic E-state index is 3.73. The zero-order chi connectivity index (χ0) is 15.9. The predicted molar refractivity (Wildman–Crippen MR) is 98.3 cm³/mol. The van der Waals surface area contributed by atoms with Gasteiger partial charge in [-0.2, -0.15) is 11.8 Å². The highest BCUT2D eigenvalue weighted by molar-refractivity contribution is 7.98. The minimum Gasteiger partial charge on any atom is -0.314 e. The zero-order valence-electron chi connectivity index (χ0n) is 15.2. The molecule has 1 unspecified atom stereocenters. The molecular weight excluding hydrogens is 276 g/mol. The Morgan fingerprint density at radius 2 is 1.86 bits per heavy atom. The summed E-state index contributed by atoms with van der Waals surface area (Å²) in [4.78, 5) is 2.62. The number of hydrogen-bond donors (Lipinski definition) is 1. The Hall–Kier alpha value is 0.270. The summed E-state index contributed by atoms with van der Waals surface area (Å²) in [5.41, 5.74) is 0.499. The molecule has 1 aliphatic rings. The van der Waals surface area contributed by atoms with E-state index in [1.54, 1.807) is 0 Å². The van der Waals surface area contributed by atoms with Gasteiger partial charge in [0.15, 0.2) is 0 Å². The van der Waals surface area contributed by atoms with E-state index in [2.05, 4.69) is 51.2 Å². The average molecular weight is 315 g/mol. The van der Waals surface area contributed by atoms with Crippen molar-refractivity contribution in [1.82, 2.24) is 10.2 Å². The number of nitrogens with one attached hydrogen (secondary N) is 1. The van der Waals surface area contributed by atoms with Crippen LogP contribution in [0, 0.1) is 11.3 Å². The summed E-state index contributed by atoms with van der Waals surface area (Å²) in [7, 11) is 2.33. The van der Waals surface area contributed by atoms with Crippen molar-refractivity contribution < 1.29 is 0 Å². The first-order valence-electron chi connectivity index (χ1n) is 8.81. The highest BCUT2D eigenvalue weighted by Crippen LogP contribution is 2.39. The number of rotatable bonds is 9. The molecule has 2 nitrogen and oxygen atoms in total. The van der Waals surface area contributed by atoms with E-state index in [1.165, 1.54) is 50.9 Å². The molecule has 0 amide bonds. The lowest BCUT2D eigenvalue weighted by Gasteiger charge is -2.44. The molecule has 0 aliphatic heterocycles. The lowest BCUT2D eigenvalue weighted by molar-refractivity contribution is 0.0796. The van der Waals surface area contributed by atoms with Crippen LogP contribution in [0.3, 0.4) is 0 Å². The van der Waals surface area contributed by atoms with E-state index in [4.69, 9.17) is 0 Å². The molecule has 0 bridgehead atoms. The zero-order valence-corrected chi connectivity index (χ0v) is 16.1. The van der Waals surface area contributed by atoms with Crippen LogP contribution in [0.15, 0.2) is 0 Å². The van der Waals surface area contributed by atoms with Gasteiger partial charge < -0.3 is 10.2 Å². The molecule has 0 aromatic carbocycles.